The van der Waals surface area contributed by atoms with Crippen LogP contribution in [0.3, 0.4) is 0 Å². The van der Waals surface area contributed by atoms with Crippen LogP contribution in [0.5, 0.6) is 0 Å². The number of aromatic nitrogens is 6. The van der Waals surface area contributed by atoms with Crippen molar-refractivity contribution >= 4 is 11.6 Å². The molecule has 0 radical (unpaired) electrons. The molecule has 4 aromatic rings. The summed E-state index contributed by atoms with van der Waals surface area (Å²) in [7, 11) is 0. The van der Waals surface area contributed by atoms with Crippen LogP contribution in [0.25, 0.3) is 17.1 Å². The molecular formula is C24H25ClN6. The van der Waals surface area contributed by atoms with E-state index in [9.17, 15) is 0 Å². The van der Waals surface area contributed by atoms with E-state index in [1.54, 1.807) is 6.33 Å². The highest BCUT2D eigenvalue weighted by Gasteiger charge is 2.25. The highest BCUT2D eigenvalue weighted by Crippen LogP contribution is 2.33. The predicted octanol–water partition coefficient (Wildman–Crippen LogP) is 5.11. The van der Waals surface area contributed by atoms with Crippen molar-refractivity contribution in [1.29, 1.82) is 0 Å². The Morgan fingerprint density at radius 1 is 1.00 bits per heavy atom. The second kappa shape index (κ2) is 7.93. The lowest BCUT2D eigenvalue weighted by Crippen LogP contribution is -2.10. The molecule has 6 nitrogen and oxygen atoms in total. The van der Waals surface area contributed by atoms with Gasteiger partial charge in [-0.25, -0.2) is 14.6 Å². The Hall–Kier alpha value is -2.99. The van der Waals surface area contributed by atoms with E-state index in [1.165, 1.54) is 24.1 Å². The standard InChI is InChI=1S/C24H25ClN6/c1-15-10-16(2)31(28-15)23-12-21(26-14-27-23)11-22-17(3)24(19-6-8-20(25)9-7-19)29-30(22)13-18-4-5-18/h6-10,12,14,18H,4-5,11,13H2,1-3H3. The third-order valence-corrected chi connectivity index (χ3v) is 6.10. The molecule has 5 rings (SSSR count). The van der Waals surface area contributed by atoms with Crippen LogP contribution in [-0.4, -0.2) is 29.5 Å². The summed E-state index contributed by atoms with van der Waals surface area (Å²) >= 11 is 6.09. The minimum Gasteiger partial charge on any atom is -0.268 e. The Morgan fingerprint density at radius 3 is 2.45 bits per heavy atom. The highest BCUT2D eigenvalue weighted by molar-refractivity contribution is 6.30. The summed E-state index contributed by atoms with van der Waals surface area (Å²) in [6.07, 6.45) is 4.89. The van der Waals surface area contributed by atoms with Gasteiger partial charge in [0.2, 0.25) is 0 Å². The van der Waals surface area contributed by atoms with Gasteiger partial charge in [0.25, 0.3) is 0 Å². The number of benzene rings is 1. The zero-order valence-electron chi connectivity index (χ0n) is 18.0. The van der Waals surface area contributed by atoms with Crippen LogP contribution in [0.2, 0.25) is 5.02 Å². The summed E-state index contributed by atoms with van der Waals surface area (Å²) in [4.78, 5) is 9.00. The number of hydrogen-bond acceptors (Lipinski definition) is 4. The second-order valence-electron chi connectivity index (χ2n) is 8.44. The Bertz CT molecular complexity index is 1230. The van der Waals surface area contributed by atoms with Gasteiger partial charge < -0.3 is 0 Å². The Morgan fingerprint density at radius 2 is 1.77 bits per heavy atom. The quantitative estimate of drug-likeness (QED) is 0.425. The van der Waals surface area contributed by atoms with Crippen molar-refractivity contribution in [1.82, 2.24) is 29.5 Å². The Labute approximate surface area is 186 Å². The molecule has 0 unspecified atom stereocenters. The van der Waals surface area contributed by atoms with Gasteiger partial charge in [0, 0.05) is 41.0 Å². The molecule has 0 bridgehead atoms. The summed E-state index contributed by atoms with van der Waals surface area (Å²) in [5.41, 5.74) is 7.49. The third kappa shape index (κ3) is 4.12. The molecular weight excluding hydrogens is 408 g/mol. The van der Waals surface area contributed by atoms with Gasteiger partial charge in [-0.1, -0.05) is 23.7 Å². The second-order valence-corrected chi connectivity index (χ2v) is 8.87. The SMILES string of the molecule is Cc1cc(C)n(-c2cc(Cc3c(C)c(-c4ccc(Cl)cc4)nn3CC3CC3)ncn2)n1. The number of nitrogens with zero attached hydrogens (tertiary/aromatic N) is 6. The molecule has 0 amide bonds. The number of halogens is 1. The minimum absolute atomic E-state index is 0.702. The van der Waals surface area contributed by atoms with E-state index in [4.69, 9.17) is 16.7 Å². The van der Waals surface area contributed by atoms with Gasteiger partial charge in [0.15, 0.2) is 5.82 Å². The van der Waals surface area contributed by atoms with E-state index in [0.717, 1.165) is 51.6 Å². The molecule has 7 heteroatoms. The van der Waals surface area contributed by atoms with Gasteiger partial charge >= 0.3 is 0 Å². The van der Waals surface area contributed by atoms with Crippen molar-refractivity contribution in [2.45, 2.75) is 46.6 Å². The van der Waals surface area contributed by atoms with E-state index in [1.807, 2.05) is 48.9 Å². The maximum atomic E-state index is 6.09. The maximum Gasteiger partial charge on any atom is 0.157 e. The Kier molecular flexibility index (Phi) is 5.10. The lowest BCUT2D eigenvalue weighted by Gasteiger charge is -2.09. The molecule has 3 heterocycles. The zero-order chi connectivity index (χ0) is 21.5. The lowest BCUT2D eigenvalue weighted by molar-refractivity contribution is 0.544. The predicted molar refractivity (Wildman–Crippen MR) is 122 cm³/mol. The topological polar surface area (TPSA) is 61.4 Å². The molecule has 1 aromatic carbocycles. The smallest absolute Gasteiger partial charge is 0.157 e. The van der Waals surface area contributed by atoms with Gasteiger partial charge in [-0.15, -0.1) is 0 Å². The summed E-state index contributed by atoms with van der Waals surface area (Å²) in [6, 6.07) is 12.0. The summed E-state index contributed by atoms with van der Waals surface area (Å²) in [5, 5.41) is 10.3. The lowest BCUT2D eigenvalue weighted by atomic mass is 10.0. The Balaban J connectivity index is 1.51. The van der Waals surface area contributed by atoms with Crippen LogP contribution in [0.1, 0.15) is 41.2 Å². The summed E-state index contributed by atoms with van der Waals surface area (Å²) in [6.45, 7) is 7.14. The van der Waals surface area contributed by atoms with Crippen molar-refractivity contribution in [3.63, 3.8) is 0 Å². The normalized spacial score (nSPS) is 13.7. The van der Waals surface area contributed by atoms with Gasteiger partial charge in [0.05, 0.1) is 17.1 Å². The molecule has 1 aliphatic carbocycles. The third-order valence-electron chi connectivity index (χ3n) is 5.85. The zero-order valence-corrected chi connectivity index (χ0v) is 18.8. The van der Waals surface area contributed by atoms with Crippen molar-refractivity contribution in [3.8, 4) is 17.1 Å². The van der Waals surface area contributed by atoms with E-state index in [0.29, 0.717) is 6.42 Å². The van der Waals surface area contributed by atoms with Crippen LogP contribution in [0.4, 0.5) is 0 Å². The number of rotatable bonds is 6. The van der Waals surface area contributed by atoms with Crippen LogP contribution in [0.15, 0.2) is 42.7 Å². The van der Waals surface area contributed by atoms with Crippen LogP contribution < -0.4 is 0 Å². The van der Waals surface area contributed by atoms with Crippen LogP contribution >= 0.6 is 11.6 Å². The molecule has 31 heavy (non-hydrogen) atoms. The molecule has 158 valence electrons. The first-order valence-electron chi connectivity index (χ1n) is 10.6. The molecule has 1 fully saturated rings. The average molecular weight is 433 g/mol. The number of aryl methyl sites for hydroxylation is 2. The van der Waals surface area contributed by atoms with Crippen molar-refractivity contribution in [2.75, 3.05) is 0 Å². The van der Waals surface area contributed by atoms with Crippen molar-refractivity contribution in [3.05, 3.63) is 76.1 Å². The van der Waals surface area contributed by atoms with E-state index >= 15 is 0 Å². The molecule has 1 aliphatic rings. The van der Waals surface area contributed by atoms with E-state index < -0.39 is 0 Å². The van der Waals surface area contributed by atoms with Crippen LogP contribution in [0, 0.1) is 26.7 Å². The fourth-order valence-corrected chi connectivity index (χ4v) is 4.14. The first-order valence-corrected chi connectivity index (χ1v) is 11.0. The molecule has 0 aliphatic heterocycles. The fraction of sp³-hybridized carbons (Fsp3) is 0.333. The molecule has 1 saturated carbocycles. The van der Waals surface area contributed by atoms with E-state index in [2.05, 4.69) is 32.7 Å². The molecule has 0 N–H and O–H groups in total. The summed E-state index contributed by atoms with van der Waals surface area (Å²) in [5.74, 6) is 1.52. The molecule has 0 atom stereocenters. The van der Waals surface area contributed by atoms with Crippen molar-refractivity contribution < 1.29 is 0 Å². The largest absolute Gasteiger partial charge is 0.268 e. The number of hydrogen-bond donors (Lipinski definition) is 0. The van der Waals surface area contributed by atoms with Crippen LogP contribution in [-0.2, 0) is 13.0 Å². The average Bonchev–Trinajstić information content (AvgIpc) is 3.44. The monoisotopic (exact) mass is 432 g/mol. The van der Waals surface area contributed by atoms with Gasteiger partial charge in [-0.3, -0.25) is 4.68 Å². The molecule has 3 aromatic heterocycles. The van der Waals surface area contributed by atoms with Gasteiger partial charge in [-0.05, 0) is 63.3 Å². The fourth-order valence-electron chi connectivity index (χ4n) is 4.02. The maximum absolute atomic E-state index is 6.09. The van der Waals surface area contributed by atoms with Gasteiger partial charge in [0.1, 0.15) is 6.33 Å². The first kappa shape index (κ1) is 19.9. The minimum atomic E-state index is 0.702. The van der Waals surface area contributed by atoms with Gasteiger partial charge in [-0.2, -0.15) is 10.2 Å². The molecule has 0 saturated heterocycles. The first-order chi connectivity index (χ1) is 15.0. The highest BCUT2D eigenvalue weighted by atomic mass is 35.5. The molecule has 0 spiro atoms. The van der Waals surface area contributed by atoms with Crippen molar-refractivity contribution in [2.24, 2.45) is 5.92 Å². The van der Waals surface area contributed by atoms with E-state index in [-0.39, 0.29) is 0 Å². The summed E-state index contributed by atoms with van der Waals surface area (Å²) < 4.78 is 4.05.